The van der Waals surface area contributed by atoms with Gasteiger partial charge in [0, 0.05) is 18.8 Å². The van der Waals surface area contributed by atoms with Crippen molar-refractivity contribution in [3.8, 4) is 0 Å². The molecule has 0 amide bonds. The van der Waals surface area contributed by atoms with Crippen LogP contribution in [0.25, 0.3) is 0 Å². The summed E-state index contributed by atoms with van der Waals surface area (Å²) in [6.07, 6.45) is 10.4. The van der Waals surface area contributed by atoms with Crippen LogP contribution in [-0.4, -0.2) is 9.55 Å². The van der Waals surface area contributed by atoms with Gasteiger partial charge in [-0.15, -0.1) is 0 Å². The summed E-state index contributed by atoms with van der Waals surface area (Å²) in [6, 6.07) is 0.147. The predicted molar refractivity (Wildman–Crippen MR) is 61.4 cm³/mol. The Bertz CT molecular complexity index is 302. The highest BCUT2D eigenvalue weighted by molar-refractivity contribution is 5.04. The van der Waals surface area contributed by atoms with E-state index in [0.717, 1.165) is 18.9 Å². The fourth-order valence-corrected chi connectivity index (χ4v) is 2.14. The van der Waals surface area contributed by atoms with Crippen LogP contribution in [0.4, 0.5) is 0 Å². The summed E-state index contributed by atoms with van der Waals surface area (Å²) in [5, 5.41) is 0. The summed E-state index contributed by atoms with van der Waals surface area (Å²) in [5.74, 6) is 0.957. The number of hydrogen-bond acceptors (Lipinski definition) is 2. The van der Waals surface area contributed by atoms with Crippen LogP contribution in [0.3, 0.4) is 0 Å². The van der Waals surface area contributed by atoms with E-state index in [1.165, 1.54) is 31.4 Å². The smallest absolute Gasteiger partial charge is 0.0948 e. The molecule has 1 saturated carbocycles. The van der Waals surface area contributed by atoms with Crippen molar-refractivity contribution in [2.75, 3.05) is 0 Å². The van der Waals surface area contributed by atoms with Gasteiger partial charge in [0.1, 0.15) is 0 Å². The molecule has 15 heavy (non-hydrogen) atoms. The maximum absolute atomic E-state index is 6.03. The third kappa shape index (κ3) is 2.40. The zero-order valence-corrected chi connectivity index (χ0v) is 9.52. The Morgan fingerprint density at radius 3 is 3.00 bits per heavy atom. The van der Waals surface area contributed by atoms with E-state index in [-0.39, 0.29) is 6.04 Å². The van der Waals surface area contributed by atoms with Crippen LogP contribution < -0.4 is 5.73 Å². The first-order chi connectivity index (χ1) is 7.31. The van der Waals surface area contributed by atoms with Gasteiger partial charge in [-0.3, -0.25) is 0 Å². The van der Waals surface area contributed by atoms with Gasteiger partial charge in [0.25, 0.3) is 0 Å². The van der Waals surface area contributed by atoms with Crippen molar-refractivity contribution in [1.82, 2.24) is 9.55 Å². The molecule has 1 atom stereocenters. The topological polar surface area (TPSA) is 43.8 Å². The first-order valence-electron chi connectivity index (χ1n) is 6.07. The third-order valence-electron chi connectivity index (χ3n) is 3.57. The second kappa shape index (κ2) is 4.79. The van der Waals surface area contributed by atoms with Crippen LogP contribution in [-0.2, 0) is 6.54 Å². The van der Waals surface area contributed by atoms with Crippen molar-refractivity contribution in [3.63, 3.8) is 0 Å². The van der Waals surface area contributed by atoms with Gasteiger partial charge in [-0.2, -0.15) is 0 Å². The van der Waals surface area contributed by atoms with Crippen molar-refractivity contribution in [1.29, 1.82) is 0 Å². The molecule has 0 aliphatic heterocycles. The molecule has 1 aliphatic rings. The SMILES string of the molecule is CC[C@@H](N)c1cncn1CCC1CCC1. The fraction of sp³-hybridized carbons (Fsp3) is 0.750. The number of aryl methyl sites for hydroxylation is 1. The molecule has 2 N–H and O–H groups in total. The van der Waals surface area contributed by atoms with Gasteiger partial charge >= 0.3 is 0 Å². The predicted octanol–water partition coefficient (Wildman–Crippen LogP) is 2.48. The molecule has 1 aromatic heterocycles. The maximum Gasteiger partial charge on any atom is 0.0948 e. The zero-order valence-electron chi connectivity index (χ0n) is 9.52. The Labute approximate surface area is 91.7 Å². The van der Waals surface area contributed by atoms with Crippen molar-refractivity contribution in [2.45, 2.75) is 51.6 Å². The summed E-state index contributed by atoms with van der Waals surface area (Å²) in [6.45, 7) is 3.21. The monoisotopic (exact) mass is 207 g/mol. The first kappa shape index (κ1) is 10.7. The quantitative estimate of drug-likeness (QED) is 0.806. The van der Waals surface area contributed by atoms with Crippen LogP contribution in [0.1, 0.15) is 50.8 Å². The molecule has 2 rings (SSSR count). The molecule has 0 saturated heterocycles. The minimum Gasteiger partial charge on any atom is -0.333 e. The Morgan fingerprint density at radius 2 is 2.40 bits per heavy atom. The Kier molecular flexibility index (Phi) is 3.41. The van der Waals surface area contributed by atoms with E-state index in [1.807, 2.05) is 12.5 Å². The van der Waals surface area contributed by atoms with Gasteiger partial charge in [0.2, 0.25) is 0 Å². The van der Waals surface area contributed by atoms with E-state index in [2.05, 4.69) is 16.5 Å². The third-order valence-corrected chi connectivity index (χ3v) is 3.57. The molecule has 1 aliphatic carbocycles. The van der Waals surface area contributed by atoms with E-state index >= 15 is 0 Å². The Hall–Kier alpha value is -0.830. The first-order valence-corrected chi connectivity index (χ1v) is 6.07. The molecule has 0 aromatic carbocycles. The fourth-order valence-electron chi connectivity index (χ4n) is 2.14. The molecular weight excluding hydrogens is 186 g/mol. The van der Waals surface area contributed by atoms with Gasteiger partial charge in [-0.25, -0.2) is 4.98 Å². The second-order valence-corrected chi connectivity index (χ2v) is 4.61. The summed E-state index contributed by atoms with van der Waals surface area (Å²) in [4.78, 5) is 4.20. The highest BCUT2D eigenvalue weighted by Crippen LogP contribution is 2.30. The van der Waals surface area contributed by atoms with E-state index in [1.54, 1.807) is 0 Å². The van der Waals surface area contributed by atoms with Crippen molar-refractivity contribution >= 4 is 0 Å². The minimum atomic E-state index is 0.147. The Morgan fingerprint density at radius 1 is 1.60 bits per heavy atom. The number of rotatable bonds is 5. The molecule has 1 heterocycles. The van der Waals surface area contributed by atoms with E-state index in [0.29, 0.717) is 0 Å². The van der Waals surface area contributed by atoms with Crippen LogP contribution in [0, 0.1) is 5.92 Å². The van der Waals surface area contributed by atoms with Crippen molar-refractivity contribution < 1.29 is 0 Å². The molecule has 3 heteroatoms. The molecular formula is C12H21N3. The highest BCUT2D eigenvalue weighted by Gasteiger charge is 2.18. The normalized spacial score (nSPS) is 18.8. The van der Waals surface area contributed by atoms with Gasteiger partial charge in [-0.05, 0) is 18.8 Å². The standard InChI is InChI=1S/C12H21N3/c1-2-11(13)12-8-14-9-15(12)7-6-10-4-3-5-10/h8-11H,2-7,13H2,1H3/t11-/m1/s1. The van der Waals surface area contributed by atoms with Crippen molar-refractivity contribution in [2.24, 2.45) is 11.7 Å². The average molecular weight is 207 g/mol. The van der Waals surface area contributed by atoms with Gasteiger partial charge < -0.3 is 10.3 Å². The van der Waals surface area contributed by atoms with E-state index in [9.17, 15) is 0 Å². The molecule has 0 unspecified atom stereocenters. The lowest BCUT2D eigenvalue weighted by Crippen LogP contribution is -2.17. The van der Waals surface area contributed by atoms with Gasteiger partial charge in [-0.1, -0.05) is 26.2 Å². The molecule has 1 aromatic rings. The number of nitrogens with two attached hydrogens (primary N) is 1. The van der Waals surface area contributed by atoms with E-state index in [4.69, 9.17) is 5.73 Å². The molecule has 0 radical (unpaired) electrons. The lowest BCUT2D eigenvalue weighted by atomic mass is 9.83. The number of imidazole rings is 1. The van der Waals surface area contributed by atoms with Crippen LogP contribution >= 0.6 is 0 Å². The largest absolute Gasteiger partial charge is 0.333 e. The van der Waals surface area contributed by atoms with Crippen molar-refractivity contribution in [3.05, 3.63) is 18.2 Å². The van der Waals surface area contributed by atoms with Gasteiger partial charge in [0.05, 0.1) is 12.0 Å². The molecule has 0 bridgehead atoms. The maximum atomic E-state index is 6.03. The summed E-state index contributed by atoms with van der Waals surface area (Å²) < 4.78 is 2.23. The second-order valence-electron chi connectivity index (χ2n) is 4.61. The number of nitrogens with zero attached hydrogens (tertiary/aromatic N) is 2. The van der Waals surface area contributed by atoms with Crippen LogP contribution in [0.5, 0.6) is 0 Å². The lowest BCUT2D eigenvalue weighted by Gasteiger charge is -2.25. The van der Waals surface area contributed by atoms with Crippen LogP contribution in [0.2, 0.25) is 0 Å². The molecule has 1 fully saturated rings. The summed E-state index contributed by atoms with van der Waals surface area (Å²) in [7, 11) is 0. The molecule has 3 nitrogen and oxygen atoms in total. The van der Waals surface area contributed by atoms with E-state index < -0.39 is 0 Å². The minimum absolute atomic E-state index is 0.147. The highest BCUT2D eigenvalue weighted by atomic mass is 15.1. The summed E-state index contributed by atoms with van der Waals surface area (Å²) in [5.41, 5.74) is 7.22. The lowest BCUT2D eigenvalue weighted by molar-refractivity contribution is 0.280. The molecule has 0 spiro atoms. The summed E-state index contributed by atoms with van der Waals surface area (Å²) >= 11 is 0. The Balaban J connectivity index is 1.91. The van der Waals surface area contributed by atoms with Crippen LogP contribution in [0.15, 0.2) is 12.5 Å². The van der Waals surface area contributed by atoms with Gasteiger partial charge in [0.15, 0.2) is 0 Å². The number of hydrogen-bond donors (Lipinski definition) is 1. The average Bonchev–Trinajstić information content (AvgIpc) is 2.62. The number of aromatic nitrogens is 2. The molecule has 84 valence electrons. The zero-order chi connectivity index (χ0) is 10.7.